The third-order valence-corrected chi connectivity index (χ3v) is 8.54. The average Bonchev–Trinajstić information content (AvgIpc) is 3.44. The van der Waals surface area contributed by atoms with Crippen molar-refractivity contribution in [2.24, 2.45) is 36.5 Å². The fourth-order valence-corrected chi connectivity index (χ4v) is 5.54. The number of amides is 5. The van der Waals surface area contributed by atoms with Crippen LogP contribution in [0.4, 0.5) is 5.82 Å². The summed E-state index contributed by atoms with van der Waals surface area (Å²) in [5.74, 6) is -1.77. The zero-order valence-corrected chi connectivity index (χ0v) is 31.3. The van der Waals surface area contributed by atoms with Gasteiger partial charge in [-0.05, 0) is 42.1 Å². The molecule has 6 atom stereocenters. The first-order chi connectivity index (χ1) is 23.5. The van der Waals surface area contributed by atoms with Gasteiger partial charge < -0.3 is 32.3 Å². The highest BCUT2D eigenvalue weighted by molar-refractivity contribution is 5.97. The summed E-state index contributed by atoms with van der Waals surface area (Å²) in [4.78, 5) is 66.5. The third kappa shape index (κ3) is 14.3. The second-order valence-electron chi connectivity index (χ2n) is 14.5. The van der Waals surface area contributed by atoms with Gasteiger partial charge in [-0.15, -0.1) is 0 Å². The van der Waals surface area contributed by atoms with Gasteiger partial charge in [0.15, 0.2) is 5.82 Å². The van der Waals surface area contributed by atoms with E-state index in [0.29, 0.717) is 25.1 Å². The first-order valence-electron chi connectivity index (χ1n) is 17.8. The van der Waals surface area contributed by atoms with E-state index in [4.69, 9.17) is 5.73 Å². The molecule has 1 aromatic carbocycles. The molecule has 0 bridgehead atoms. The number of nitrogens with zero attached hydrogens (tertiary/aromatic N) is 2. The molecule has 0 aliphatic rings. The van der Waals surface area contributed by atoms with Gasteiger partial charge in [0.05, 0.1) is 0 Å². The Balaban J connectivity index is 2.23. The molecule has 278 valence electrons. The van der Waals surface area contributed by atoms with Crippen molar-refractivity contribution in [3.63, 3.8) is 0 Å². The van der Waals surface area contributed by atoms with Crippen molar-refractivity contribution < 1.29 is 24.0 Å². The van der Waals surface area contributed by atoms with E-state index in [-0.39, 0.29) is 48.3 Å². The normalized spacial score (nSPS) is 15.1. The molecule has 7 N–H and O–H groups in total. The smallest absolute Gasteiger partial charge is 0.248 e. The molecule has 0 aliphatic heterocycles. The minimum Gasteiger partial charge on any atom is -0.350 e. The summed E-state index contributed by atoms with van der Waals surface area (Å²) in [6.45, 7) is 15.2. The second kappa shape index (κ2) is 20.4. The van der Waals surface area contributed by atoms with Crippen molar-refractivity contribution in [2.45, 2.75) is 118 Å². The minimum atomic E-state index is -0.927. The maximum Gasteiger partial charge on any atom is 0.248 e. The lowest BCUT2D eigenvalue weighted by molar-refractivity contribution is -0.133. The molecule has 13 nitrogen and oxygen atoms in total. The summed E-state index contributed by atoms with van der Waals surface area (Å²) in [7, 11) is 1.74. The van der Waals surface area contributed by atoms with Crippen LogP contribution in [-0.4, -0.2) is 69.5 Å². The predicted molar refractivity (Wildman–Crippen MR) is 196 cm³/mol. The van der Waals surface area contributed by atoms with Crippen LogP contribution in [0, 0.1) is 23.7 Å². The Morgan fingerprint density at radius 3 is 1.94 bits per heavy atom. The van der Waals surface area contributed by atoms with Crippen LogP contribution in [0.2, 0.25) is 0 Å². The fourth-order valence-electron chi connectivity index (χ4n) is 5.54. The first kappa shape index (κ1) is 41.9. The zero-order chi connectivity index (χ0) is 37.5. The van der Waals surface area contributed by atoms with E-state index >= 15 is 0 Å². The van der Waals surface area contributed by atoms with Crippen molar-refractivity contribution >= 4 is 35.4 Å². The molecule has 50 heavy (non-hydrogen) atoms. The van der Waals surface area contributed by atoms with E-state index in [0.717, 1.165) is 5.56 Å². The zero-order valence-electron chi connectivity index (χ0n) is 31.3. The summed E-state index contributed by atoms with van der Waals surface area (Å²) < 4.78 is 1.57. The molecule has 1 heterocycles. The lowest BCUT2D eigenvalue weighted by Crippen LogP contribution is -2.59. The highest BCUT2D eigenvalue weighted by atomic mass is 16.2. The molecule has 1 aromatic heterocycles. The minimum absolute atomic E-state index is 0.122. The van der Waals surface area contributed by atoms with E-state index < -0.39 is 47.9 Å². The molecular formula is C37H60N8O5. The Morgan fingerprint density at radius 1 is 0.760 bits per heavy atom. The number of hydrogen-bond donors (Lipinski definition) is 6. The van der Waals surface area contributed by atoms with Gasteiger partial charge in [0.2, 0.25) is 29.5 Å². The van der Waals surface area contributed by atoms with E-state index in [1.54, 1.807) is 24.0 Å². The summed E-state index contributed by atoms with van der Waals surface area (Å²) in [5, 5.41) is 18.5. The van der Waals surface area contributed by atoms with Gasteiger partial charge in [0, 0.05) is 44.2 Å². The van der Waals surface area contributed by atoms with Crippen LogP contribution in [0.5, 0.6) is 0 Å². The number of nitrogens with two attached hydrogens (primary N) is 1. The van der Waals surface area contributed by atoms with Crippen molar-refractivity contribution in [3.8, 4) is 0 Å². The lowest BCUT2D eigenvalue weighted by Gasteiger charge is -2.30. The Kier molecular flexibility index (Phi) is 17.1. The van der Waals surface area contributed by atoms with Crippen molar-refractivity contribution in [1.82, 2.24) is 31.0 Å². The number of aryl methyl sites for hydroxylation is 1. The predicted octanol–water partition coefficient (Wildman–Crippen LogP) is 3.05. The number of anilines is 1. The van der Waals surface area contributed by atoms with Gasteiger partial charge in [-0.25, -0.2) is 0 Å². The summed E-state index contributed by atoms with van der Waals surface area (Å²) >= 11 is 0. The summed E-state index contributed by atoms with van der Waals surface area (Å²) in [6.07, 6.45) is 3.21. The third-order valence-electron chi connectivity index (χ3n) is 8.54. The Morgan fingerprint density at radius 2 is 1.40 bits per heavy atom. The monoisotopic (exact) mass is 696 g/mol. The number of nitrogens with one attached hydrogen (secondary N) is 5. The van der Waals surface area contributed by atoms with Crippen LogP contribution in [-0.2, 0) is 37.4 Å². The largest absolute Gasteiger partial charge is 0.350 e. The highest BCUT2D eigenvalue weighted by Crippen LogP contribution is 2.15. The molecule has 2 rings (SSSR count). The molecule has 5 amide bonds. The van der Waals surface area contributed by atoms with Crippen LogP contribution in [0.25, 0.3) is 0 Å². The fraction of sp³-hybridized carbons (Fsp3) is 0.622. The number of rotatable bonds is 20. The first-order valence-corrected chi connectivity index (χ1v) is 17.8. The number of benzene rings is 1. The van der Waals surface area contributed by atoms with Gasteiger partial charge in [0.1, 0.15) is 18.1 Å². The maximum atomic E-state index is 13.9. The number of carbonyl (C=O) groups excluding carboxylic acids is 5. The van der Waals surface area contributed by atoms with Crippen LogP contribution < -0.4 is 32.3 Å². The van der Waals surface area contributed by atoms with E-state index in [2.05, 4.69) is 31.7 Å². The number of hydrogen-bond acceptors (Lipinski definition) is 7. The van der Waals surface area contributed by atoms with E-state index in [1.165, 1.54) is 0 Å². The van der Waals surface area contributed by atoms with Crippen LogP contribution in [0.1, 0.15) is 86.6 Å². The molecule has 0 fully saturated rings. The molecule has 0 saturated carbocycles. The van der Waals surface area contributed by atoms with Gasteiger partial charge in [-0.3, -0.25) is 28.7 Å². The molecule has 2 aromatic rings. The Bertz CT molecular complexity index is 1390. The maximum absolute atomic E-state index is 13.9. The highest BCUT2D eigenvalue weighted by Gasteiger charge is 2.33. The molecule has 0 spiro atoms. The van der Waals surface area contributed by atoms with Gasteiger partial charge in [-0.2, -0.15) is 5.10 Å². The summed E-state index contributed by atoms with van der Waals surface area (Å²) in [5.41, 5.74) is 7.55. The Hall–Kier alpha value is -4.26. The molecule has 0 saturated heterocycles. The average molecular weight is 697 g/mol. The Labute approximate surface area is 297 Å². The SMILES string of the molecule is CC[C@H](C)[C@H](NC(=O)C[C@H](N)[C@H](Cc1ccccc1)NC(=O)[C@@H](NC(=O)[C@H](CC(C)C)NC(=O)CC(C)C)C(C)C)C(=O)Nc1ccn(C)n1. The van der Waals surface area contributed by atoms with Crippen LogP contribution in [0.3, 0.4) is 0 Å². The molecule has 0 unspecified atom stereocenters. The van der Waals surface area contributed by atoms with Crippen LogP contribution >= 0.6 is 0 Å². The molecule has 0 aliphatic carbocycles. The second-order valence-corrected chi connectivity index (χ2v) is 14.5. The van der Waals surface area contributed by atoms with Gasteiger partial charge in [-0.1, -0.05) is 92.1 Å². The molecule has 0 radical (unpaired) electrons. The van der Waals surface area contributed by atoms with Crippen LogP contribution in [0.15, 0.2) is 42.6 Å². The van der Waals surface area contributed by atoms with E-state index in [9.17, 15) is 24.0 Å². The summed E-state index contributed by atoms with van der Waals surface area (Å²) in [6, 6.07) is 7.05. The lowest BCUT2D eigenvalue weighted by atomic mass is 9.94. The quantitative estimate of drug-likeness (QED) is 0.123. The van der Waals surface area contributed by atoms with E-state index in [1.807, 2.05) is 85.7 Å². The van der Waals surface area contributed by atoms with Crippen molar-refractivity contribution in [2.75, 3.05) is 5.32 Å². The van der Waals surface area contributed by atoms with Gasteiger partial charge in [0.25, 0.3) is 0 Å². The number of carbonyl (C=O) groups is 5. The molecular weight excluding hydrogens is 636 g/mol. The standard InChI is InChI=1S/C37H60N8O5/c1-10-25(8)34(37(50)41-30-16-17-45(9)44-30)42-32(47)21-27(38)28(20-26-14-12-11-13-15-26)40-36(49)33(24(6)7)43-35(48)29(18-22(2)3)39-31(46)19-23(4)5/h11-17,22-25,27-29,33-34H,10,18-21,38H2,1-9H3,(H,39,46)(H,40,49)(H,42,47)(H,43,48)(H,41,44,50)/t25-,27-,28-,29-,33-,34-/m0/s1. The number of aromatic nitrogens is 2. The van der Waals surface area contributed by atoms with Gasteiger partial charge >= 0.3 is 0 Å². The molecule has 13 heteroatoms. The topological polar surface area (TPSA) is 189 Å². The van der Waals surface area contributed by atoms with Crippen molar-refractivity contribution in [3.05, 3.63) is 48.2 Å². The van der Waals surface area contributed by atoms with Crippen molar-refractivity contribution in [1.29, 1.82) is 0 Å².